The second kappa shape index (κ2) is 8.32. The topological polar surface area (TPSA) is 78.1 Å². The van der Waals surface area contributed by atoms with Crippen LogP contribution in [0.2, 0.25) is 0 Å². The summed E-state index contributed by atoms with van der Waals surface area (Å²) in [6.07, 6.45) is 3.44. The first-order valence-corrected chi connectivity index (χ1v) is 10.4. The van der Waals surface area contributed by atoms with Gasteiger partial charge in [-0.1, -0.05) is 0 Å². The van der Waals surface area contributed by atoms with E-state index in [0.717, 1.165) is 17.7 Å². The van der Waals surface area contributed by atoms with E-state index in [1.54, 1.807) is 30.1 Å². The number of carbonyl (C=O) groups is 1. The maximum absolute atomic E-state index is 13.8. The van der Waals surface area contributed by atoms with Gasteiger partial charge in [0.05, 0.1) is 48.7 Å². The third-order valence-corrected chi connectivity index (χ3v) is 5.81. The van der Waals surface area contributed by atoms with E-state index in [9.17, 15) is 18.0 Å². The predicted molar refractivity (Wildman–Crippen MR) is 115 cm³/mol. The molecule has 4 aromatic rings. The molecule has 0 N–H and O–H groups in total. The summed E-state index contributed by atoms with van der Waals surface area (Å²) in [7, 11) is 3.15. The highest BCUT2D eigenvalue weighted by Crippen LogP contribution is 2.32. The van der Waals surface area contributed by atoms with E-state index in [1.165, 1.54) is 29.0 Å². The monoisotopic (exact) mass is 468 g/mol. The van der Waals surface area contributed by atoms with Gasteiger partial charge in [-0.25, -0.2) is 13.2 Å². The lowest BCUT2D eigenvalue weighted by atomic mass is 9.99. The van der Waals surface area contributed by atoms with Gasteiger partial charge in [-0.2, -0.15) is 20.1 Å². The van der Waals surface area contributed by atoms with E-state index in [-0.39, 0.29) is 18.0 Å². The molecule has 0 aliphatic carbocycles. The number of carbonyl (C=O) groups excluding carboxylic acids is 1. The van der Waals surface area contributed by atoms with E-state index in [0.29, 0.717) is 41.4 Å². The van der Waals surface area contributed by atoms with Crippen LogP contribution in [0.15, 0.2) is 42.7 Å². The molecular formula is C23H19F3N6O2. The SMILES string of the molecule is COc1ccc(-n2nccn2)c(C(=O)N2CCc3c(nn(C)c3-c3cc(F)c(F)c(F)c3)C2)c1. The van der Waals surface area contributed by atoms with Crippen molar-refractivity contribution in [2.45, 2.75) is 13.0 Å². The van der Waals surface area contributed by atoms with Gasteiger partial charge >= 0.3 is 0 Å². The molecule has 0 atom stereocenters. The normalized spacial score (nSPS) is 13.1. The number of hydrogen-bond donors (Lipinski definition) is 0. The fourth-order valence-corrected chi connectivity index (χ4v) is 4.24. The molecular weight excluding hydrogens is 449 g/mol. The lowest BCUT2D eigenvalue weighted by molar-refractivity contribution is 0.0731. The van der Waals surface area contributed by atoms with E-state index < -0.39 is 17.5 Å². The highest BCUT2D eigenvalue weighted by atomic mass is 19.2. The number of aryl methyl sites for hydroxylation is 1. The summed E-state index contributed by atoms with van der Waals surface area (Å²) >= 11 is 0. The zero-order chi connectivity index (χ0) is 24.0. The molecule has 0 saturated carbocycles. The number of benzene rings is 2. The van der Waals surface area contributed by atoms with Crippen LogP contribution in [0.5, 0.6) is 5.75 Å². The minimum atomic E-state index is -1.52. The van der Waals surface area contributed by atoms with Crippen molar-refractivity contribution in [1.82, 2.24) is 29.7 Å². The van der Waals surface area contributed by atoms with Gasteiger partial charge in [-0.3, -0.25) is 9.48 Å². The second-order valence-electron chi connectivity index (χ2n) is 7.83. The smallest absolute Gasteiger partial charge is 0.256 e. The average Bonchev–Trinajstić information content (AvgIpc) is 3.48. The summed E-state index contributed by atoms with van der Waals surface area (Å²) in [6.45, 7) is 0.539. The maximum atomic E-state index is 13.8. The van der Waals surface area contributed by atoms with Gasteiger partial charge in [0.25, 0.3) is 5.91 Å². The minimum absolute atomic E-state index is 0.187. The Morgan fingerprint density at radius 1 is 1.06 bits per heavy atom. The van der Waals surface area contributed by atoms with E-state index in [2.05, 4.69) is 15.3 Å². The molecule has 0 saturated heterocycles. The van der Waals surface area contributed by atoms with Crippen LogP contribution in [0.4, 0.5) is 13.2 Å². The molecule has 0 unspecified atom stereocenters. The molecule has 0 fully saturated rings. The van der Waals surface area contributed by atoms with Gasteiger partial charge in [0.15, 0.2) is 17.5 Å². The lowest BCUT2D eigenvalue weighted by Crippen LogP contribution is -2.36. The first kappa shape index (κ1) is 21.7. The third-order valence-electron chi connectivity index (χ3n) is 5.81. The number of methoxy groups -OCH3 is 1. The summed E-state index contributed by atoms with van der Waals surface area (Å²) < 4.78 is 47.9. The number of halogens is 3. The Morgan fingerprint density at radius 2 is 1.76 bits per heavy atom. The molecule has 2 aromatic heterocycles. The lowest BCUT2D eigenvalue weighted by Gasteiger charge is -2.27. The van der Waals surface area contributed by atoms with Gasteiger partial charge in [-0.05, 0) is 36.8 Å². The first-order chi connectivity index (χ1) is 16.4. The molecule has 34 heavy (non-hydrogen) atoms. The van der Waals surface area contributed by atoms with Gasteiger partial charge in [0.2, 0.25) is 0 Å². The van der Waals surface area contributed by atoms with Gasteiger partial charge in [-0.15, -0.1) is 0 Å². The minimum Gasteiger partial charge on any atom is -0.497 e. The van der Waals surface area contributed by atoms with Crippen molar-refractivity contribution in [3.8, 4) is 22.7 Å². The second-order valence-corrected chi connectivity index (χ2v) is 7.83. The fraction of sp³-hybridized carbons (Fsp3) is 0.217. The van der Waals surface area contributed by atoms with Crippen LogP contribution in [0.3, 0.4) is 0 Å². The Kier molecular flexibility index (Phi) is 5.31. The Labute approximate surface area is 192 Å². The number of hydrogen-bond acceptors (Lipinski definition) is 5. The predicted octanol–water partition coefficient (Wildman–Crippen LogP) is 3.29. The van der Waals surface area contributed by atoms with Crippen LogP contribution in [-0.2, 0) is 20.0 Å². The number of fused-ring (bicyclic) bond motifs is 1. The maximum Gasteiger partial charge on any atom is 0.256 e. The summed E-state index contributed by atoms with van der Waals surface area (Å²) in [5.41, 5.74) is 2.90. The summed E-state index contributed by atoms with van der Waals surface area (Å²) in [5, 5.41) is 12.7. The van der Waals surface area contributed by atoms with Crippen LogP contribution in [-0.4, -0.2) is 49.2 Å². The fourth-order valence-electron chi connectivity index (χ4n) is 4.24. The van der Waals surface area contributed by atoms with Crippen molar-refractivity contribution < 1.29 is 22.7 Å². The number of nitrogens with zero attached hydrogens (tertiary/aromatic N) is 6. The Morgan fingerprint density at radius 3 is 2.44 bits per heavy atom. The quantitative estimate of drug-likeness (QED) is 0.430. The van der Waals surface area contributed by atoms with Gasteiger partial charge in [0.1, 0.15) is 5.75 Å². The zero-order valence-corrected chi connectivity index (χ0v) is 18.3. The number of ether oxygens (including phenoxy) is 1. The number of rotatable bonds is 4. The number of aromatic nitrogens is 5. The third kappa shape index (κ3) is 3.58. The van der Waals surface area contributed by atoms with Crippen molar-refractivity contribution in [3.05, 3.63) is 77.0 Å². The van der Waals surface area contributed by atoms with Crippen LogP contribution in [0.25, 0.3) is 16.9 Å². The molecule has 1 aliphatic heterocycles. The van der Waals surface area contributed by atoms with Crippen LogP contribution in [0, 0.1) is 17.5 Å². The van der Waals surface area contributed by atoms with Crippen LogP contribution >= 0.6 is 0 Å². The van der Waals surface area contributed by atoms with E-state index in [4.69, 9.17) is 4.74 Å². The van der Waals surface area contributed by atoms with Crippen molar-refractivity contribution in [2.24, 2.45) is 7.05 Å². The Hall–Kier alpha value is -4.15. The summed E-state index contributed by atoms with van der Waals surface area (Å²) in [5.74, 6) is -3.80. The molecule has 3 heterocycles. The van der Waals surface area contributed by atoms with Gasteiger partial charge in [0, 0.05) is 24.7 Å². The van der Waals surface area contributed by atoms with Crippen molar-refractivity contribution in [3.63, 3.8) is 0 Å². The summed E-state index contributed by atoms with van der Waals surface area (Å²) in [4.78, 5) is 16.5. The van der Waals surface area contributed by atoms with Crippen molar-refractivity contribution in [1.29, 1.82) is 0 Å². The zero-order valence-electron chi connectivity index (χ0n) is 18.3. The molecule has 0 bridgehead atoms. The summed E-state index contributed by atoms with van der Waals surface area (Å²) in [6, 6.07) is 6.96. The first-order valence-electron chi connectivity index (χ1n) is 10.4. The van der Waals surface area contributed by atoms with Crippen LogP contribution in [0.1, 0.15) is 21.6 Å². The van der Waals surface area contributed by atoms with Gasteiger partial charge < -0.3 is 9.64 Å². The van der Waals surface area contributed by atoms with E-state index >= 15 is 0 Å². The molecule has 0 radical (unpaired) electrons. The van der Waals surface area contributed by atoms with E-state index in [1.807, 2.05) is 0 Å². The van der Waals surface area contributed by atoms with Crippen LogP contribution < -0.4 is 4.74 Å². The highest BCUT2D eigenvalue weighted by Gasteiger charge is 2.30. The molecule has 1 amide bonds. The molecule has 2 aromatic carbocycles. The molecule has 5 rings (SSSR count). The molecule has 174 valence electrons. The molecule has 1 aliphatic rings. The largest absolute Gasteiger partial charge is 0.497 e. The highest BCUT2D eigenvalue weighted by molar-refractivity contribution is 5.98. The van der Waals surface area contributed by atoms with Crippen molar-refractivity contribution in [2.75, 3.05) is 13.7 Å². The molecule has 0 spiro atoms. The average molecular weight is 468 g/mol. The molecule has 8 nitrogen and oxygen atoms in total. The Bertz CT molecular complexity index is 1380. The molecule has 11 heteroatoms. The Balaban J connectivity index is 1.49. The van der Waals surface area contributed by atoms with Crippen molar-refractivity contribution >= 4 is 5.91 Å². The standard InChI is InChI=1S/C23H19F3N6O2/c1-30-22(13-9-17(24)21(26)18(25)10-13)15-5-8-31(12-19(15)29-30)23(33)16-11-14(34-2)3-4-20(16)32-27-6-7-28-32/h3-4,6-7,9-11H,5,8,12H2,1-2H3. The number of amides is 1.